The number of para-hydroxylation sites is 1. The van der Waals surface area contributed by atoms with E-state index in [2.05, 4.69) is 5.32 Å². The minimum Gasteiger partial charge on any atom is -0.464 e. The number of carbonyl (C=O) groups is 1. The van der Waals surface area contributed by atoms with Crippen LogP contribution in [0.5, 0.6) is 0 Å². The fraction of sp³-hybridized carbons (Fsp3) is 0.0500. The summed E-state index contributed by atoms with van der Waals surface area (Å²) in [4.78, 5) is 12.3. The normalized spacial score (nSPS) is 11.0. The maximum atomic E-state index is 13.7. The van der Waals surface area contributed by atoms with E-state index in [1.54, 1.807) is 18.4 Å². The van der Waals surface area contributed by atoms with Gasteiger partial charge in [-0.15, -0.1) is 0 Å². The Morgan fingerprint density at radius 2 is 1.79 bits per heavy atom. The summed E-state index contributed by atoms with van der Waals surface area (Å²) in [5.41, 5.74) is 1.71. The molecule has 4 heteroatoms. The van der Waals surface area contributed by atoms with Crippen molar-refractivity contribution in [3.63, 3.8) is 0 Å². The van der Waals surface area contributed by atoms with Gasteiger partial charge in [-0.25, -0.2) is 4.39 Å². The molecular formula is C20H14FNO2. The lowest BCUT2D eigenvalue weighted by Gasteiger charge is -2.06. The molecule has 0 unspecified atom stereocenters. The van der Waals surface area contributed by atoms with Gasteiger partial charge in [-0.05, 0) is 29.0 Å². The third-order valence-electron chi connectivity index (χ3n) is 4.04. The quantitative estimate of drug-likeness (QED) is 0.583. The van der Waals surface area contributed by atoms with Crippen LogP contribution < -0.4 is 5.32 Å². The number of amides is 1. The van der Waals surface area contributed by atoms with Gasteiger partial charge in [0.25, 0.3) is 0 Å². The lowest BCUT2D eigenvalue weighted by Crippen LogP contribution is -2.15. The van der Waals surface area contributed by atoms with Crippen LogP contribution in [0.4, 0.5) is 10.1 Å². The van der Waals surface area contributed by atoms with E-state index in [1.807, 2.05) is 36.4 Å². The first-order valence-corrected chi connectivity index (χ1v) is 7.64. The van der Waals surface area contributed by atoms with Gasteiger partial charge in [0, 0.05) is 10.9 Å². The zero-order valence-corrected chi connectivity index (χ0v) is 12.8. The van der Waals surface area contributed by atoms with Gasteiger partial charge in [-0.1, -0.05) is 42.5 Å². The zero-order valence-electron chi connectivity index (χ0n) is 12.8. The third-order valence-corrected chi connectivity index (χ3v) is 4.04. The highest BCUT2D eigenvalue weighted by atomic mass is 19.1. The van der Waals surface area contributed by atoms with Crippen molar-refractivity contribution < 1.29 is 13.6 Å². The van der Waals surface area contributed by atoms with E-state index >= 15 is 0 Å². The topological polar surface area (TPSA) is 42.2 Å². The van der Waals surface area contributed by atoms with Crippen LogP contribution in [-0.2, 0) is 11.2 Å². The number of benzene rings is 3. The molecule has 3 nitrogen and oxygen atoms in total. The summed E-state index contributed by atoms with van der Waals surface area (Å²) in [5.74, 6) is -0.732. The molecule has 0 atom stereocenters. The fourth-order valence-electron chi connectivity index (χ4n) is 2.93. The molecule has 0 radical (unpaired) electrons. The van der Waals surface area contributed by atoms with Crippen LogP contribution in [0.25, 0.3) is 21.7 Å². The first-order chi connectivity index (χ1) is 11.7. The van der Waals surface area contributed by atoms with E-state index in [0.29, 0.717) is 0 Å². The predicted octanol–water partition coefficient (Wildman–Crippen LogP) is 4.91. The molecule has 24 heavy (non-hydrogen) atoms. The summed E-state index contributed by atoms with van der Waals surface area (Å²) >= 11 is 0. The second-order valence-electron chi connectivity index (χ2n) is 5.63. The Morgan fingerprint density at radius 3 is 2.67 bits per heavy atom. The molecule has 0 saturated carbocycles. The van der Waals surface area contributed by atoms with Gasteiger partial charge in [0.2, 0.25) is 5.91 Å². The van der Waals surface area contributed by atoms with E-state index in [0.717, 1.165) is 27.3 Å². The van der Waals surface area contributed by atoms with Crippen molar-refractivity contribution in [1.82, 2.24) is 0 Å². The maximum Gasteiger partial charge on any atom is 0.229 e. The van der Waals surface area contributed by atoms with Gasteiger partial charge >= 0.3 is 0 Å². The minimum absolute atomic E-state index is 0.120. The van der Waals surface area contributed by atoms with Crippen LogP contribution in [-0.4, -0.2) is 5.91 Å². The van der Waals surface area contributed by atoms with Gasteiger partial charge in [-0.3, -0.25) is 4.79 Å². The molecule has 0 saturated heterocycles. The minimum atomic E-state index is -0.451. The first kappa shape index (κ1) is 14.5. The average molecular weight is 319 g/mol. The van der Waals surface area contributed by atoms with E-state index in [-0.39, 0.29) is 18.0 Å². The maximum absolute atomic E-state index is 13.7. The molecule has 1 heterocycles. The third kappa shape index (κ3) is 2.52. The highest BCUT2D eigenvalue weighted by molar-refractivity contribution is 6.09. The first-order valence-electron chi connectivity index (χ1n) is 7.64. The Morgan fingerprint density at radius 1 is 1.00 bits per heavy atom. The van der Waals surface area contributed by atoms with E-state index in [9.17, 15) is 9.18 Å². The molecule has 0 aliphatic carbocycles. The van der Waals surface area contributed by atoms with Crippen molar-refractivity contribution in [2.75, 3.05) is 5.32 Å². The van der Waals surface area contributed by atoms with Crippen LogP contribution in [0.2, 0.25) is 0 Å². The monoisotopic (exact) mass is 319 g/mol. The molecule has 1 aromatic heterocycles. The number of nitrogens with one attached hydrogen (secondary N) is 1. The summed E-state index contributed by atoms with van der Waals surface area (Å²) in [6.07, 6.45) is 1.72. The number of anilines is 1. The van der Waals surface area contributed by atoms with Crippen molar-refractivity contribution in [2.24, 2.45) is 0 Å². The summed E-state index contributed by atoms with van der Waals surface area (Å²) < 4.78 is 19.2. The second-order valence-corrected chi connectivity index (χ2v) is 5.63. The van der Waals surface area contributed by atoms with Crippen LogP contribution in [0.3, 0.4) is 0 Å². The molecule has 0 fully saturated rings. The number of hydrogen-bond donors (Lipinski definition) is 1. The van der Waals surface area contributed by atoms with Gasteiger partial charge < -0.3 is 9.73 Å². The summed E-state index contributed by atoms with van der Waals surface area (Å²) in [6.45, 7) is 0. The van der Waals surface area contributed by atoms with Crippen molar-refractivity contribution in [3.8, 4) is 0 Å². The van der Waals surface area contributed by atoms with Gasteiger partial charge in [0.15, 0.2) is 0 Å². The molecule has 1 amide bonds. The van der Waals surface area contributed by atoms with Crippen LogP contribution in [0, 0.1) is 5.82 Å². The Kier molecular flexibility index (Phi) is 3.50. The average Bonchev–Trinajstić information content (AvgIpc) is 3.00. The Balaban J connectivity index is 1.68. The van der Waals surface area contributed by atoms with Crippen molar-refractivity contribution in [1.29, 1.82) is 0 Å². The van der Waals surface area contributed by atoms with Crippen molar-refractivity contribution in [2.45, 2.75) is 6.42 Å². The van der Waals surface area contributed by atoms with Gasteiger partial charge in [0.05, 0.1) is 18.4 Å². The SMILES string of the molecule is O=C(Cc1coc2ccc3ccccc3c12)Nc1ccccc1F. The highest BCUT2D eigenvalue weighted by Crippen LogP contribution is 2.30. The smallest absolute Gasteiger partial charge is 0.229 e. The number of rotatable bonds is 3. The van der Waals surface area contributed by atoms with Gasteiger partial charge in [-0.2, -0.15) is 0 Å². The number of halogens is 1. The highest BCUT2D eigenvalue weighted by Gasteiger charge is 2.14. The van der Waals surface area contributed by atoms with Crippen molar-refractivity contribution >= 4 is 33.3 Å². The number of hydrogen-bond acceptors (Lipinski definition) is 2. The fourth-order valence-corrected chi connectivity index (χ4v) is 2.93. The summed E-state index contributed by atoms with van der Waals surface area (Å²) in [6, 6.07) is 18.0. The molecule has 3 aromatic carbocycles. The molecule has 0 bridgehead atoms. The molecule has 0 aliphatic heterocycles. The standard InChI is InChI=1S/C20H14FNO2/c21-16-7-3-4-8-17(16)22-19(23)11-14-12-24-18-10-9-13-5-1-2-6-15(13)20(14)18/h1-10,12H,11H2,(H,22,23). The van der Waals surface area contributed by atoms with Crippen molar-refractivity contribution in [3.05, 3.63) is 78.3 Å². The van der Waals surface area contributed by atoms with Crippen LogP contribution in [0.1, 0.15) is 5.56 Å². The molecule has 1 N–H and O–H groups in total. The Hall–Kier alpha value is -3.14. The lowest BCUT2D eigenvalue weighted by molar-refractivity contribution is -0.115. The molecule has 0 aliphatic rings. The lowest BCUT2D eigenvalue weighted by atomic mass is 10.0. The Bertz CT molecular complexity index is 1050. The van der Waals surface area contributed by atoms with Crippen LogP contribution >= 0.6 is 0 Å². The van der Waals surface area contributed by atoms with E-state index < -0.39 is 5.82 Å². The van der Waals surface area contributed by atoms with Crippen LogP contribution in [0.15, 0.2) is 71.3 Å². The second kappa shape index (κ2) is 5.81. The van der Waals surface area contributed by atoms with Gasteiger partial charge in [0.1, 0.15) is 11.4 Å². The molecular weight excluding hydrogens is 305 g/mol. The number of carbonyl (C=O) groups excluding carboxylic acids is 1. The summed E-state index contributed by atoms with van der Waals surface area (Å²) in [5, 5.41) is 5.66. The molecule has 4 aromatic rings. The number of fused-ring (bicyclic) bond motifs is 3. The summed E-state index contributed by atoms with van der Waals surface area (Å²) in [7, 11) is 0. The largest absolute Gasteiger partial charge is 0.464 e. The van der Waals surface area contributed by atoms with E-state index in [4.69, 9.17) is 4.42 Å². The van der Waals surface area contributed by atoms with E-state index in [1.165, 1.54) is 12.1 Å². The molecule has 4 rings (SSSR count). The predicted molar refractivity (Wildman–Crippen MR) is 92.5 cm³/mol. The molecule has 0 spiro atoms. The molecule has 118 valence electrons. The Labute approximate surface area is 137 Å². The zero-order chi connectivity index (χ0) is 16.5. The number of furan rings is 1.